The van der Waals surface area contributed by atoms with Crippen LogP contribution in [-0.4, -0.2) is 37.1 Å². The summed E-state index contributed by atoms with van der Waals surface area (Å²) in [6.45, 7) is 0. The fourth-order valence-corrected chi connectivity index (χ4v) is 2.93. The van der Waals surface area contributed by atoms with Gasteiger partial charge >= 0.3 is 0 Å². The summed E-state index contributed by atoms with van der Waals surface area (Å²) in [6, 6.07) is 18.5. The molecule has 0 unspecified atom stereocenters. The number of nitrogens with zero attached hydrogens (tertiary/aromatic N) is 2. The van der Waals surface area contributed by atoms with Crippen molar-refractivity contribution in [1.82, 2.24) is 5.01 Å². The monoisotopic (exact) mass is 444 g/mol. The predicted molar refractivity (Wildman–Crippen MR) is 129 cm³/mol. The second-order valence-corrected chi connectivity index (χ2v) is 7.47. The van der Waals surface area contributed by atoms with Crippen molar-refractivity contribution in [2.75, 3.05) is 24.7 Å². The highest BCUT2D eigenvalue weighted by Crippen LogP contribution is 2.23. The van der Waals surface area contributed by atoms with Gasteiger partial charge < -0.3 is 15.6 Å². The lowest BCUT2D eigenvalue weighted by Gasteiger charge is -2.12. The van der Waals surface area contributed by atoms with E-state index in [1.54, 1.807) is 71.9 Å². The van der Waals surface area contributed by atoms with Crippen molar-refractivity contribution >= 4 is 41.0 Å². The van der Waals surface area contributed by atoms with Gasteiger partial charge in [-0.2, -0.15) is 5.10 Å². The van der Waals surface area contributed by atoms with Gasteiger partial charge in [-0.15, -0.1) is 6.42 Å². The molecule has 0 fully saturated rings. The van der Waals surface area contributed by atoms with Gasteiger partial charge in [0.25, 0.3) is 11.8 Å². The molecule has 0 aliphatic carbocycles. The molecule has 0 heterocycles. The van der Waals surface area contributed by atoms with Gasteiger partial charge in [-0.05, 0) is 60.2 Å². The highest BCUT2D eigenvalue weighted by Gasteiger charge is 2.16. The Morgan fingerprint density at radius 2 is 1.66 bits per heavy atom. The van der Waals surface area contributed by atoms with Gasteiger partial charge in [0, 0.05) is 35.9 Å². The van der Waals surface area contributed by atoms with Gasteiger partial charge in [0.15, 0.2) is 0 Å². The molecule has 0 spiro atoms. The Morgan fingerprint density at radius 1 is 0.969 bits per heavy atom. The van der Waals surface area contributed by atoms with Crippen LogP contribution in [0.3, 0.4) is 0 Å². The minimum Gasteiger partial charge on any atom is -0.322 e. The average molecular weight is 445 g/mol. The fraction of sp³-hybridized carbons (Fsp3) is 0.0800. The van der Waals surface area contributed by atoms with Crippen molar-refractivity contribution in [2.24, 2.45) is 5.10 Å². The summed E-state index contributed by atoms with van der Waals surface area (Å²) in [5, 5.41) is 11.8. The Labute approximate surface area is 191 Å². The maximum absolute atomic E-state index is 12.9. The maximum atomic E-state index is 12.9. The molecule has 3 rings (SSSR count). The number of benzene rings is 3. The predicted octanol–water partition coefficient (Wildman–Crippen LogP) is 4.72. The number of hydrogen-bond acceptors (Lipinski definition) is 4. The van der Waals surface area contributed by atoms with E-state index in [-0.39, 0.29) is 11.5 Å². The molecule has 2 N–H and O–H groups in total. The van der Waals surface area contributed by atoms with Crippen LogP contribution in [0, 0.1) is 12.3 Å². The normalized spacial score (nSPS) is 10.4. The molecule has 0 saturated carbocycles. The number of anilines is 2. The lowest BCUT2D eigenvalue weighted by atomic mass is 10.1. The topological polar surface area (TPSA) is 73.8 Å². The van der Waals surface area contributed by atoms with Gasteiger partial charge in [0.2, 0.25) is 0 Å². The first-order valence-electron chi connectivity index (χ1n) is 9.66. The summed E-state index contributed by atoms with van der Waals surface area (Å²) >= 11 is 6.10. The molecule has 3 aromatic rings. The van der Waals surface area contributed by atoms with Crippen molar-refractivity contribution in [2.45, 2.75) is 0 Å². The maximum Gasteiger partial charge on any atom is 0.257 e. The molecule has 0 bridgehead atoms. The van der Waals surface area contributed by atoms with Crippen LogP contribution < -0.4 is 10.6 Å². The molecule has 7 heteroatoms. The average Bonchev–Trinajstić information content (AvgIpc) is 2.79. The van der Waals surface area contributed by atoms with Gasteiger partial charge in [-0.3, -0.25) is 9.59 Å². The number of terminal acetylenes is 1. The SMILES string of the molecule is C#Cc1ccc(NC(=O)c2cc(Cl)ccc2NC(=O)c2ccc(C=NN(C)C)cc2)cc1. The molecule has 3 aromatic carbocycles. The zero-order chi connectivity index (χ0) is 23.1. The van der Waals surface area contributed by atoms with Crippen LogP contribution in [0.15, 0.2) is 71.8 Å². The highest BCUT2D eigenvalue weighted by molar-refractivity contribution is 6.31. The number of rotatable bonds is 6. The summed E-state index contributed by atoms with van der Waals surface area (Å²) in [7, 11) is 3.65. The van der Waals surface area contributed by atoms with E-state index in [9.17, 15) is 9.59 Å². The van der Waals surface area contributed by atoms with E-state index in [0.29, 0.717) is 27.5 Å². The van der Waals surface area contributed by atoms with E-state index >= 15 is 0 Å². The molecule has 0 aromatic heterocycles. The minimum absolute atomic E-state index is 0.238. The Kier molecular flexibility index (Phi) is 7.27. The second kappa shape index (κ2) is 10.3. The number of carbonyl (C=O) groups is 2. The number of nitrogens with one attached hydrogen (secondary N) is 2. The van der Waals surface area contributed by atoms with E-state index in [2.05, 4.69) is 21.7 Å². The van der Waals surface area contributed by atoms with E-state index in [4.69, 9.17) is 18.0 Å². The molecule has 0 aliphatic heterocycles. The summed E-state index contributed by atoms with van der Waals surface area (Å²) in [5.41, 5.74) is 3.16. The smallest absolute Gasteiger partial charge is 0.257 e. The first-order chi connectivity index (χ1) is 15.4. The molecular weight excluding hydrogens is 424 g/mol. The third-order valence-electron chi connectivity index (χ3n) is 4.39. The van der Waals surface area contributed by atoms with Crippen LogP contribution in [0.4, 0.5) is 11.4 Å². The fourth-order valence-electron chi connectivity index (χ4n) is 2.76. The Morgan fingerprint density at radius 3 is 2.28 bits per heavy atom. The zero-order valence-corrected chi connectivity index (χ0v) is 18.4. The third-order valence-corrected chi connectivity index (χ3v) is 4.63. The molecule has 0 aliphatic rings. The molecule has 0 atom stereocenters. The molecule has 160 valence electrons. The Balaban J connectivity index is 1.77. The quantitative estimate of drug-likeness (QED) is 0.328. The Hall–Kier alpha value is -4.08. The van der Waals surface area contributed by atoms with Gasteiger partial charge in [-0.25, -0.2) is 0 Å². The summed E-state index contributed by atoms with van der Waals surface area (Å²) in [4.78, 5) is 25.6. The van der Waals surface area contributed by atoms with Gasteiger partial charge in [0.1, 0.15) is 0 Å². The van der Waals surface area contributed by atoms with E-state index in [1.165, 1.54) is 6.07 Å². The van der Waals surface area contributed by atoms with Crippen molar-refractivity contribution in [3.05, 3.63) is 94.0 Å². The van der Waals surface area contributed by atoms with Crippen molar-refractivity contribution in [1.29, 1.82) is 0 Å². The van der Waals surface area contributed by atoms with E-state index < -0.39 is 5.91 Å². The van der Waals surface area contributed by atoms with E-state index in [1.807, 2.05) is 14.1 Å². The standard InChI is InChI=1S/C25H21ClN4O2/c1-4-17-7-12-21(13-8-17)28-25(32)22-15-20(26)11-14-23(22)29-24(31)19-9-5-18(6-10-19)16-27-30(2)3/h1,5-16H,2-3H3,(H,28,32)(H,29,31). The first-order valence-corrected chi connectivity index (χ1v) is 10.0. The molecular formula is C25H21ClN4O2. The molecule has 32 heavy (non-hydrogen) atoms. The van der Waals surface area contributed by atoms with Crippen molar-refractivity contribution in [3.8, 4) is 12.3 Å². The van der Waals surface area contributed by atoms with Crippen molar-refractivity contribution in [3.63, 3.8) is 0 Å². The van der Waals surface area contributed by atoms with Crippen LogP contribution in [0.5, 0.6) is 0 Å². The number of carbonyl (C=O) groups excluding carboxylic acids is 2. The molecule has 0 saturated heterocycles. The zero-order valence-electron chi connectivity index (χ0n) is 17.6. The van der Waals surface area contributed by atoms with E-state index in [0.717, 1.165) is 5.56 Å². The van der Waals surface area contributed by atoms with Crippen molar-refractivity contribution < 1.29 is 9.59 Å². The lowest BCUT2D eigenvalue weighted by molar-refractivity contribution is 0.102. The van der Waals surface area contributed by atoms with Crippen LogP contribution in [0.2, 0.25) is 5.02 Å². The number of hydrogen-bond donors (Lipinski definition) is 2. The van der Waals surface area contributed by atoms with Gasteiger partial charge in [0.05, 0.1) is 17.5 Å². The lowest BCUT2D eigenvalue weighted by Crippen LogP contribution is -2.18. The van der Waals surface area contributed by atoms with Gasteiger partial charge in [-0.1, -0.05) is 29.7 Å². The van der Waals surface area contributed by atoms with Crippen LogP contribution in [0.25, 0.3) is 0 Å². The highest BCUT2D eigenvalue weighted by atomic mass is 35.5. The summed E-state index contributed by atoms with van der Waals surface area (Å²) in [6.07, 6.45) is 7.05. The second-order valence-electron chi connectivity index (χ2n) is 7.03. The molecule has 6 nitrogen and oxygen atoms in total. The number of halogens is 1. The first kappa shape index (κ1) is 22.6. The largest absolute Gasteiger partial charge is 0.322 e. The number of amides is 2. The molecule has 2 amide bonds. The molecule has 0 radical (unpaired) electrons. The summed E-state index contributed by atoms with van der Waals surface area (Å²) in [5.74, 6) is 1.76. The third kappa shape index (κ3) is 5.97. The minimum atomic E-state index is -0.411. The summed E-state index contributed by atoms with van der Waals surface area (Å²) < 4.78 is 0. The Bertz CT molecular complexity index is 1190. The van der Waals surface area contributed by atoms with Crippen LogP contribution in [-0.2, 0) is 0 Å². The number of hydrazone groups is 1. The van der Waals surface area contributed by atoms with Crippen LogP contribution >= 0.6 is 11.6 Å². The van der Waals surface area contributed by atoms with Crippen LogP contribution in [0.1, 0.15) is 31.8 Å².